The van der Waals surface area contributed by atoms with Crippen molar-refractivity contribution in [2.45, 2.75) is 13.5 Å². The van der Waals surface area contributed by atoms with Gasteiger partial charge in [-0.15, -0.1) is 0 Å². The highest BCUT2D eigenvalue weighted by Gasteiger charge is 2.12. The van der Waals surface area contributed by atoms with Gasteiger partial charge >= 0.3 is 0 Å². The number of aryl methyl sites for hydroxylation is 1. The van der Waals surface area contributed by atoms with E-state index in [0.29, 0.717) is 29.4 Å². The molecular formula is C25H22N2O3. The summed E-state index contributed by atoms with van der Waals surface area (Å²) in [7, 11) is 1.57. The van der Waals surface area contributed by atoms with Gasteiger partial charge in [0.1, 0.15) is 29.7 Å². The summed E-state index contributed by atoms with van der Waals surface area (Å²) >= 11 is 0. The first-order valence-electron chi connectivity index (χ1n) is 9.43. The number of nitriles is 1. The van der Waals surface area contributed by atoms with E-state index in [4.69, 9.17) is 9.47 Å². The number of carbonyl (C=O) groups is 1. The second-order valence-corrected chi connectivity index (χ2v) is 6.67. The van der Waals surface area contributed by atoms with Crippen LogP contribution in [0.4, 0.5) is 5.69 Å². The highest BCUT2D eigenvalue weighted by molar-refractivity contribution is 6.09. The third-order valence-corrected chi connectivity index (χ3v) is 4.43. The Labute approximate surface area is 176 Å². The fraction of sp³-hybridized carbons (Fsp3) is 0.120. The zero-order valence-electron chi connectivity index (χ0n) is 16.9. The third kappa shape index (κ3) is 5.49. The Balaban J connectivity index is 1.84. The summed E-state index contributed by atoms with van der Waals surface area (Å²) in [5.74, 6) is 0.665. The maximum atomic E-state index is 12.6. The molecule has 0 spiro atoms. The van der Waals surface area contributed by atoms with Gasteiger partial charge in [-0.1, -0.05) is 48.0 Å². The molecule has 0 atom stereocenters. The molecule has 3 aromatic carbocycles. The van der Waals surface area contributed by atoms with Crippen molar-refractivity contribution in [3.8, 4) is 17.6 Å². The SMILES string of the molecule is COc1ccc(/C=C(\C#N)C(=O)Nc2ccc(C)cc2)c(OCc2ccccc2)c1. The summed E-state index contributed by atoms with van der Waals surface area (Å²) in [5.41, 5.74) is 3.31. The van der Waals surface area contributed by atoms with Gasteiger partial charge in [0.25, 0.3) is 5.91 Å². The molecule has 0 unspecified atom stereocenters. The van der Waals surface area contributed by atoms with Gasteiger partial charge in [0, 0.05) is 17.3 Å². The summed E-state index contributed by atoms with van der Waals surface area (Å²) in [6, 6.07) is 24.4. The number of amides is 1. The summed E-state index contributed by atoms with van der Waals surface area (Å²) in [6.07, 6.45) is 1.52. The van der Waals surface area contributed by atoms with Crippen LogP contribution in [0.1, 0.15) is 16.7 Å². The normalized spacial score (nSPS) is 10.8. The van der Waals surface area contributed by atoms with Gasteiger partial charge in [0.05, 0.1) is 7.11 Å². The number of carbonyl (C=O) groups excluding carboxylic acids is 1. The Hall–Kier alpha value is -4.04. The Morgan fingerprint density at radius 2 is 1.80 bits per heavy atom. The van der Waals surface area contributed by atoms with Crippen LogP contribution in [-0.4, -0.2) is 13.0 Å². The molecule has 0 radical (unpaired) electrons. The molecule has 0 fully saturated rings. The molecule has 0 aliphatic heterocycles. The maximum Gasteiger partial charge on any atom is 0.266 e. The van der Waals surface area contributed by atoms with Crippen LogP contribution in [-0.2, 0) is 11.4 Å². The highest BCUT2D eigenvalue weighted by atomic mass is 16.5. The smallest absolute Gasteiger partial charge is 0.266 e. The average molecular weight is 398 g/mol. The second kappa shape index (κ2) is 9.94. The molecule has 5 nitrogen and oxygen atoms in total. The number of hydrogen-bond donors (Lipinski definition) is 1. The van der Waals surface area contributed by atoms with E-state index in [-0.39, 0.29) is 5.57 Å². The minimum Gasteiger partial charge on any atom is -0.497 e. The number of hydrogen-bond acceptors (Lipinski definition) is 4. The number of rotatable bonds is 7. The lowest BCUT2D eigenvalue weighted by molar-refractivity contribution is -0.112. The number of benzene rings is 3. The van der Waals surface area contributed by atoms with Gasteiger partial charge in [-0.2, -0.15) is 5.26 Å². The van der Waals surface area contributed by atoms with Gasteiger partial charge in [-0.3, -0.25) is 4.79 Å². The Bertz CT molecular complexity index is 1080. The van der Waals surface area contributed by atoms with Crippen LogP contribution in [0, 0.1) is 18.3 Å². The Morgan fingerprint density at radius 1 is 1.07 bits per heavy atom. The quantitative estimate of drug-likeness (QED) is 0.442. The monoisotopic (exact) mass is 398 g/mol. The summed E-state index contributed by atoms with van der Waals surface area (Å²) < 4.78 is 11.2. The van der Waals surface area contributed by atoms with Crippen molar-refractivity contribution < 1.29 is 14.3 Å². The van der Waals surface area contributed by atoms with Crippen molar-refractivity contribution in [1.82, 2.24) is 0 Å². The van der Waals surface area contributed by atoms with Crippen molar-refractivity contribution >= 4 is 17.7 Å². The standard InChI is InChI=1S/C25H22N2O3/c1-18-8-11-22(12-9-18)27-25(28)21(16-26)14-20-10-13-23(29-2)15-24(20)30-17-19-6-4-3-5-7-19/h3-15H,17H2,1-2H3,(H,27,28)/b21-14+. The van der Waals surface area contributed by atoms with E-state index in [1.54, 1.807) is 37.4 Å². The number of methoxy groups -OCH3 is 1. The van der Waals surface area contributed by atoms with Gasteiger partial charge < -0.3 is 14.8 Å². The fourth-order valence-electron chi connectivity index (χ4n) is 2.76. The van der Waals surface area contributed by atoms with E-state index in [1.165, 1.54) is 6.08 Å². The zero-order valence-corrected chi connectivity index (χ0v) is 16.9. The van der Waals surface area contributed by atoms with Crippen molar-refractivity contribution in [2.75, 3.05) is 12.4 Å². The molecule has 30 heavy (non-hydrogen) atoms. The summed E-state index contributed by atoms with van der Waals surface area (Å²) in [4.78, 5) is 12.6. The summed E-state index contributed by atoms with van der Waals surface area (Å²) in [5, 5.41) is 12.3. The number of nitrogens with zero attached hydrogens (tertiary/aromatic N) is 1. The van der Waals surface area contributed by atoms with Crippen LogP contribution in [0.15, 0.2) is 78.4 Å². The van der Waals surface area contributed by atoms with Crippen molar-refractivity contribution in [3.05, 3.63) is 95.1 Å². The maximum absolute atomic E-state index is 12.6. The molecular weight excluding hydrogens is 376 g/mol. The topological polar surface area (TPSA) is 71.3 Å². The molecule has 0 aliphatic rings. The van der Waals surface area contributed by atoms with E-state index in [0.717, 1.165) is 11.1 Å². The van der Waals surface area contributed by atoms with E-state index < -0.39 is 5.91 Å². The third-order valence-electron chi connectivity index (χ3n) is 4.43. The second-order valence-electron chi connectivity index (χ2n) is 6.67. The molecule has 0 aliphatic carbocycles. The van der Waals surface area contributed by atoms with Crippen molar-refractivity contribution in [2.24, 2.45) is 0 Å². The molecule has 1 N–H and O–H groups in total. The highest BCUT2D eigenvalue weighted by Crippen LogP contribution is 2.28. The number of nitrogens with one attached hydrogen (secondary N) is 1. The molecule has 3 aromatic rings. The van der Waals surface area contributed by atoms with E-state index in [9.17, 15) is 10.1 Å². The van der Waals surface area contributed by atoms with Crippen LogP contribution in [0.3, 0.4) is 0 Å². The van der Waals surface area contributed by atoms with Crippen molar-refractivity contribution in [1.29, 1.82) is 5.26 Å². The summed E-state index contributed by atoms with van der Waals surface area (Å²) in [6.45, 7) is 2.32. The molecule has 0 aromatic heterocycles. The van der Waals surface area contributed by atoms with E-state index in [2.05, 4.69) is 5.32 Å². The fourth-order valence-corrected chi connectivity index (χ4v) is 2.76. The predicted octanol–water partition coefficient (Wildman–Crippen LogP) is 5.13. The minimum atomic E-state index is -0.480. The first-order valence-corrected chi connectivity index (χ1v) is 9.43. The Kier molecular flexibility index (Phi) is 6.86. The zero-order chi connectivity index (χ0) is 21.3. The molecule has 0 saturated carbocycles. The van der Waals surface area contributed by atoms with Crippen LogP contribution < -0.4 is 14.8 Å². The number of ether oxygens (including phenoxy) is 2. The van der Waals surface area contributed by atoms with E-state index in [1.807, 2.05) is 55.5 Å². The Morgan fingerprint density at radius 3 is 2.47 bits per heavy atom. The van der Waals surface area contributed by atoms with Gasteiger partial charge in [-0.25, -0.2) is 0 Å². The molecule has 5 heteroatoms. The van der Waals surface area contributed by atoms with Crippen LogP contribution in [0.25, 0.3) is 6.08 Å². The van der Waals surface area contributed by atoms with Crippen molar-refractivity contribution in [3.63, 3.8) is 0 Å². The van der Waals surface area contributed by atoms with Crippen LogP contribution >= 0.6 is 0 Å². The minimum absolute atomic E-state index is 0.0229. The largest absolute Gasteiger partial charge is 0.497 e. The molecule has 0 saturated heterocycles. The van der Waals surface area contributed by atoms with Crippen LogP contribution in [0.2, 0.25) is 0 Å². The molecule has 3 rings (SSSR count). The lowest BCUT2D eigenvalue weighted by Crippen LogP contribution is -2.13. The molecule has 0 bridgehead atoms. The predicted molar refractivity (Wildman–Crippen MR) is 117 cm³/mol. The first-order chi connectivity index (χ1) is 14.6. The van der Waals surface area contributed by atoms with Gasteiger partial charge in [-0.05, 0) is 42.8 Å². The lowest BCUT2D eigenvalue weighted by atomic mass is 10.1. The molecule has 0 heterocycles. The lowest BCUT2D eigenvalue weighted by Gasteiger charge is -2.12. The first kappa shape index (κ1) is 20.7. The number of anilines is 1. The average Bonchev–Trinajstić information content (AvgIpc) is 2.78. The van der Waals surface area contributed by atoms with E-state index >= 15 is 0 Å². The molecule has 150 valence electrons. The molecule has 1 amide bonds. The van der Waals surface area contributed by atoms with Gasteiger partial charge in [0.15, 0.2) is 0 Å². The van der Waals surface area contributed by atoms with Gasteiger partial charge in [0.2, 0.25) is 0 Å². The van der Waals surface area contributed by atoms with Crippen LogP contribution in [0.5, 0.6) is 11.5 Å².